The van der Waals surface area contributed by atoms with Gasteiger partial charge in [0, 0.05) is 19.6 Å². The number of ether oxygens (including phenoxy) is 1. The number of hydrogen-bond donors (Lipinski definition) is 1. The molecule has 2 atom stereocenters. The average Bonchev–Trinajstić information content (AvgIpc) is 2.95. The standard InChI is InChI=1S/C28H28FN3O5S/c29-22-12-14-23(15-13-22)38(35,36)31-16-6-9-21(18-31)28(34)32-19-26(37-25-11-5-4-10-24(25)32)27(33)30-17-20-7-2-1-3-8-20/h1-5,7-8,10-15,21,26H,6,9,16-19H2,(H,30,33)/t21-,26+/m1/s1. The van der Waals surface area contributed by atoms with E-state index in [9.17, 15) is 22.4 Å². The number of anilines is 1. The largest absolute Gasteiger partial charge is 0.477 e. The molecule has 198 valence electrons. The maximum absolute atomic E-state index is 13.8. The molecule has 3 aromatic carbocycles. The predicted octanol–water partition coefficient (Wildman–Crippen LogP) is 3.34. The fourth-order valence-corrected chi connectivity index (χ4v) is 6.34. The first kappa shape index (κ1) is 25.9. The smallest absolute Gasteiger partial charge is 0.263 e. The average molecular weight is 538 g/mol. The van der Waals surface area contributed by atoms with E-state index in [-0.39, 0.29) is 36.3 Å². The predicted molar refractivity (Wildman–Crippen MR) is 139 cm³/mol. The van der Waals surface area contributed by atoms with Crippen LogP contribution in [0.5, 0.6) is 5.75 Å². The molecule has 3 aromatic rings. The number of nitrogens with one attached hydrogen (secondary N) is 1. The van der Waals surface area contributed by atoms with Gasteiger partial charge in [-0.15, -0.1) is 0 Å². The van der Waals surface area contributed by atoms with Gasteiger partial charge in [-0.25, -0.2) is 12.8 Å². The summed E-state index contributed by atoms with van der Waals surface area (Å²) in [4.78, 5) is 28.3. The Bertz CT molecular complexity index is 1420. The number of carbonyl (C=O) groups is 2. The first-order chi connectivity index (χ1) is 18.3. The number of amides is 2. The minimum atomic E-state index is -3.89. The van der Waals surface area contributed by atoms with Crippen molar-refractivity contribution in [2.24, 2.45) is 5.92 Å². The van der Waals surface area contributed by atoms with Gasteiger partial charge < -0.3 is 15.0 Å². The fraction of sp³-hybridized carbons (Fsp3) is 0.286. The molecule has 1 saturated heterocycles. The van der Waals surface area contributed by atoms with Crippen molar-refractivity contribution < 1.29 is 27.1 Å². The lowest BCUT2D eigenvalue weighted by molar-refractivity contribution is -0.129. The van der Waals surface area contributed by atoms with E-state index in [1.54, 1.807) is 24.3 Å². The number of rotatable bonds is 6. The monoisotopic (exact) mass is 537 g/mol. The number of piperidine rings is 1. The van der Waals surface area contributed by atoms with Gasteiger partial charge in [-0.2, -0.15) is 4.31 Å². The Morgan fingerprint density at radius 1 is 0.947 bits per heavy atom. The van der Waals surface area contributed by atoms with Gasteiger partial charge in [0.1, 0.15) is 11.6 Å². The minimum absolute atomic E-state index is 0.00291. The van der Waals surface area contributed by atoms with Crippen LogP contribution in [0.25, 0.3) is 0 Å². The number of benzene rings is 3. The van der Waals surface area contributed by atoms with Gasteiger partial charge in [0.2, 0.25) is 15.9 Å². The lowest BCUT2D eigenvalue weighted by Gasteiger charge is -2.38. The van der Waals surface area contributed by atoms with Crippen LogP contribution >= 0.6 is 0 Å². The highest BCUT2D eigenvalue weighted by molar-refractivity contribution is 7.89. The molecule has 0 aliphatic carbocycles. The molecule has 38 heavy (non-hydrogen) atoms. The summed E-state index contributed by atoms with van der Waals surface area (Å²) in [6, 6.07) is 21.2. The Hall–Kier alpha value is -3.76. The summed E-state index contributed by atoms with van der Waals surface area (Å²) in [7, 11) is -3.89. The van der Waals surface area contributed by atoms with E-state index in [4.69, 9.17) is 4.74 Å². The van der Waals surface area contributed by atoms with Crippen molar-refractivity contribution in [2.75, 3.05) is 24.5 Å². The van der Waals surface area contributed by atoms with Crippen molar-refractivity contribution in [3.05, 3.63) is 90.2 Å². The topological polar surface area (TPSA) is 96.0 Å². The van der Waals surface area contributed by atoms with Crippen molar-refractivity contribution in [3.63, 3.8) is 0 Å². The van der Waals surface area contributed by atoms with Crippen molar-refractivity contribution in [1.82, 2.24) is 9.62 Å². The lowest BCUT2D eigenvalue weighted by Crippen LogP contribution is -2.53. The first-order valence-corrected chi connectivity index (χ1v) is 13.9. The molecular formula is C28H28FN3O5S. The number of para-hydroxylation sites is 2. The lowest BCUT2D eigenvalue weighted by atomic mass is 9.97. The molecule has 0 saturated carbocycles. The van der Waals surface area contributed by atoms with E-state index < -0.39 is 27.9 Å². The van der Waals surface area contributed by atoms with Crippen LogP contribution in [0.1, 0.15) is 18.4 Å². The molecule has 8 nitrogen and oxygen atoms in total. The second kappa shape index (κ2) is 10.9. The van der Waals surface area contributed by atoms with E-state index >= 15 is 0 Å². The van der Waals surface area contributed by atoms with E-state index in [1.165, 1.54) is 21.3 Å². The third kappa shape index (κ3) is 5.41. The first-order valence-electron chi connectivity index (χ1n) is 12.5. The molecule has 0 aromatic heterocycles. The van der Waals surface area contributed by atoms with Crippen LogP contribution in [0.3, 0.4) is 0 Å². The highest BCUT2D eigenvalue weighted by atomic mass is 32.2. The Morgan fingerprint density at radius 2 is 1.66 bits per heavy atom. The van der Waals surface area contributed by atoms with Crippen LogP contribution < -0.4 is 15.0 Å². The maximum Gasteiger partial charge on any atom is 0.263 e. The maximum atomic E-state index is 13.8. The molecule has 0 bridgehead atoms. The Labute approximate surface area is 221 Å². The normalized spacial score (nSPS) is 19.8. The molecule has 2 heterocycles. The number of sulfonamides is 1. The molecule has 2 amide bonds. The van der Waals surface area contributed by atoms with Crippen LogP contribution in [0, 0.1) is 11.7 Å². The van der Waals surface area contributed by atoms with Gasteiger partial charge >= 0.3 is 0 Å². The minimum Gasteiger partial charge on any atom is -0.477 e. The molecule has 5 rings (SSSR count). The third-order valence-electron chi connectivity index (χ3n) is 6.83. The number of fused-ring (bicyclic) bond motifs is 1. The van der Waals surface area contributed by atoms with Crippen molar-refractivity contribution in [3.8, 4) is 5.75 Å². The van der Waals surface area contributed by atoms with Gasteiger partial charge in [-0.3, -0.25) is 9.59 Å². The summed E-state index contributed by atoms with van der Waals surface area (Å²) in [6.07, 6.45) is 0.0999. The highest BCUT2D eigenvalue weighted by Gasteiger charge is 2.39. The van der Waals surface area contributed by atoms with Gasteiger partial charge in [0.25, 0.3) is 5.91 Å². The molecule has 0 unspecified atom stereocenters. The number of nitrogens with zero attached hydrogens (tertiary/aromatic N) is 2. The second-order valence-corrected chi connectivity index (χ2v) is 11.3. The Kier molecular flexibility index (Phi) is 7.44. The van der Waals surface area contributed by atoms with Crippen molar-refractivity contribution in [1.29, 1.82) is 0 Å². The second-order valence-electron chi connectivity index (χ2n) is 9.38. The summed E-state index contributed by atoms with van der Waals surface area (Å²) < 4.78 is 46.9. The van der Waals surface area contributed by atoms with Crippen molar-refractivity contribution in [2.45, 2.75) is 30.4 Å². The number of hydrogen-bond acceptors (Lipinski definition) is 5. The van der Waals surface area contributed by atoms with Gasteiger partial charge in [0.05, 0.1) is 23.0 Å². The molecule has 0 radical (unpaired) electrons. The molecule has 1 N–H and O–H groups in total. The molecule has 10 heteroatoms. The summed E-state index contributed by atoms with van der Waals surface area (Å²) in [6.45, 7) is 0.613. The molecule has 1 fully saturated rings. The number of halogens is 1. The van der Waals surface area contributed by atoms with E-state index in [0.29, 0.717) is 30.8 Å². The molecule has 2 aliphatic heterocycles. The summed E-state index contributed by atoms with van der Waals surface area (Å²) >= 11 is 0. The number of carbonyl (C=O) groups excluding carboxylic acids is 2. The van der Waals surface area contributed by atoms with E-state index in [2.05, 4.69) is 5.32 Å². The SMILES string of the molecule is O=C(NCc1ccccc1)[C@@H]1CN(C(=O)[C@@H]2CCCN(S(=O)(=O)c3ccc(F)cc3)C2)c2ccccc2O1. The fourth-order valence-electron chi connectivity index (χ4n) is 4.82. The van der Waals surface area contributed by atoms with E-state index in [1.807, 2.05) is 30.3 Å². The quantitative estimate of drug-likeness (QED) is 0.521. The van der Waals surface area contributed by atoms with Gasteiger partial charge in [0.15, 0.2) is 6.10 Å². The summed E-state index contributed by atoms with van der Waals surface area (Å²) in [5.41, 5.74) is 1.48. The van der Waals surface area contributed by atoms with Crippen LogP contribution in [-0.2, 0) is 26.2 Å². The zero-order valence-corrected chi connectivity index (χ0v) is 21.4. The molecular weight excluding hydrogens is 509 g/mol. The van der Waals surface area contributed by atoms with Crippen LogP contribution in [-0.4, -0.2) is 50.3 Å². The molecule has 0 spiro atoms. The highest BCUT2D eigenvalue weighted by Crippen LogP contribution is 2.35. The summed E-state index contributed by atoms with van der Waals surface area (Å²) in [5, 5.41) is 2.87. The van der Waals surface area contributed by atoms with Crippen LogP contribution in [0.4, 0.5) is 10.1 Å². The van der Waals surface area contributed by atoms with Crippen LogP contribution in [0.15, 0.2) is 83.8 Å². The summed E-state index contributed by atoms with van der Waals surface area (Å²) in [5.74, 6) is -1.31. The van der Waals surface area contributed by atoms with Gasteiger partial charge in [-0.05, 0) is 54.8 Å². The zero-order chi connectivity index (χ0) is 26.7. The Morgan fingerprint density at radius 3 is 2.42 bits per heavy atom. The third-order valence-corrected chi connectivity index (χ3v) is 8.71. The zero-order valence-electron chi connectivity index (χ0n) is 20.6. The van der Waals surface area contributed by atoms with Gasteiger partial charge in [-0.1, -0.05) is 42.5 Å². The van der Waals surface area contributed by atoms with Crippen molar-refractivity contribution >= 4 is 27.5 Å². The molecule has 2 aliphatic rings. The van der Waals surface area contributed by atoms with Crippen LogP contribution in [0.2, 0.25) is 0 Å². The van der Waals surface area contributed by atoms with E-state index in [0.717, 1.165) is 17.7 Å². The Balaban J connectivity index is 1.32.